The molecule has 2 aromatic carbocycles. The molecule has 0 aliphatic rings. The van der Waals surface area contributed by atoms with Crippen LogP contribution in [0.15, 0.2) is 42.5 Å². The van der Waals surface area contributed by atoms with Crippen molar-refractivity contribution >= 4 is 23.0 Å². The van der Waals surface area contributed by atoms with Gasteiger partial charge in [0.05, 0.1) is 4.92 Å². The molecule has 0 aliphatic heterocycles. The van der Waals surface area contributed by atoms with E-state index in [1.54, 1.807) is 18.2 Å². The van der Waals surface area contributed by atoms with Gasteiger partial charge in [-0.1, -0.05) is 19.1 Å². The molecule has 126 valence electrons. The lowest BCUT2D eigenvalue weighted by molar-refractivity contribution is -0.384. The third kappa shape index (κ3) is 4.77. The van der Waals surface area contributed by atoms with Crippen molar-refractivity contribution < 1.29 is 14.1 Å². The second kappa shape index (κ2) is 8.05. The predicted octanol–water partition coefficient (Wildman–Crippen LogP) is 4.08. The molecular formula is C17H18FN3O3. The molecule has 0 aliphatic carbocycles. The number of anilines is 2. The lowest BCUT2D eigenvalue weighted by atomic mass is 10.2. The molecule has 2 N–H and O–H groups in total. The van der Waals surface area contributed by atoms with Crippen LogP contribution in [0.4, 0.5) is 21.5 Å². The largest absolute Gasteiger partial charge is 0.375 e. The maximum Gasteiger partial charge on any atom is 0.292 e. The Labute approximate surface area is 138 Å². The number of nitrogens with zero attached hydrogens (tertiary/aromatic N) is 1. The van der Waals surface area contributed by atoms with E-state index in [1.807, 2.05) is 13.0 Å². The van der Waals surface area contributed by atoms with Gasteiger partial charge in [-0.25, -0.2) is 4.39 Å². The summed E-state index contributed by atoms with van der Waals surface area (Å²) in [4.78, 5) is 22.0. The number of halogens is 1. The van der Waals surface area contributed by atoms with Crippen LogP contribution in [-0.4, -0.2) is 10.8 Å². The van der Waals surface area contributed by atoms with Gasteiger partial charge in [-0.2, -0.15) is 0 Å². The standard InChI is InChI=1S/C17H18FN3O3/c1-2-4-17(22)20-14-6-3-5-12(9-14)11-19-15-10-13(18)7-8-16(15)21(23)24/h3,5-10,19H,2,4,11H2,1H3,(H,20,22). The number of rotatable bonds is 7. The van der Waals surface area contributed by atoms with Crippen LogP contribution >= 0.6 is 0 Å². The van der Waals surface area contributed by atoms with Crippen LogP contribution in [0, 0.1) is 15.9 Å². The zero-order chi connectivity index (χ0) is 17.5. The average Bonchev–Trinajstić information content (AvgIpc) is 2.53. The SMILES string of the molecule is CCCC(=O)Nc1cccc(CNc2cc(F)ccc2[N+](=O)[O-])c1. The number of nitro groups is 1. The van der Waals surface area contributed by atoms with Crippen LogP contribution in [-0.2, 0) is 11.3 Å². The number of amides is 1. The molecule has 0 saturated heterocycles. The zero-order valence-corrected chi connectivity index (χ0v) is 13.2. The van der Waals surface area contributed by atoms with Crippen molar-refractivity contribution in [2.24, 2.45) is 0 Å². The van der Waals surface area contributed by atoms with Crippen molar-refractivity contribution in [2.75, 3.05) is 10.6 Å². The third-order valence-corrected chi connectivity index (χ3v) is 3.33. The molecule has 7 heteroatoms. The molecule has 24 heavy (non-hydrogen) atoms. The molecule has 0 unspecified atom stereocenters. The Hall–Kier alpha value is -2.96. The molecule has 0 saturated carbocycles. The molecule has 6 nitrogen and oxygen atoms in total. The monoisotopic (exact) mass is 331 g/mol. The van der Waals surface area contributed by atoms with E-state index in [2.05, 4.69) is 10.6 Å². The normalized spacial score (nSPS) is 10.2. The minimum atomic E-state index is -0.566. The van der Waals surface area contributed by atoms with Gasteiger partial charge in [-0.05, 0) is 30.2 Å². The Morgan fingerprint density at radius 1 is 1.25 bits per heavy atom. The van der Waals surface area contributed by atoms with E-state index >= 15 is 0 Å². The summed E-state index contributed by atoms with van der Waals surface area (Å²) in [6, 6.07) is 10.4. The van der Waals surface area contributed by atoms with E-state index in [1.165, 1.54) is 0 Å². The number of nitrogens with one attached hydrogen (secondary N) is 2. The first-order valence-corrected chi connectivity index (χ1v) is 7.56. The molecule has 0 radical (unpaired) electrons. The van der Waals surface area contributed by atoms with E-state index in [0.29, 0.717) is 12.1 Å². The van der Waals surface area contributed by atoms with Crippen LogP contribution in [0.25, 0.3) is 0 Å². The van der Waals surface area contributed by atoms with Crippen molar-refractivity contribution in [3.05, 3.63) is 64.0 Å². The smallest absolute Gasteiger partial charge is 0.292 e. The van der Waals surface area contributed by atoms with Gasteiger partial charge in [-0.15, -0.1) is 0 Å². The van der Waals surface area contributed by atoms with E-state index < -0.39 is 10.7 Å². The average molecular weight is 331 g/mol. The van der Waals surface area contributed by atoms with Crippen molar-refractivity contribution in [3.63, 3.8) is 0 Å². The van der Waals surface area contributed by atoms with Gasteiger partial charge in [0.15, 0.2) is 0 Å². The summed E-state index contributed by atoms with van der Waals surface area (Å²) >= 11 is 0. The lowest BCUT2D eigenvalue weighted by Gasteiger charge is -2.10. The van der Waals surface area contributed by atoms with Crippen molar-refractivity contribution in [3.8, 4) is 0 Å². The third-order valence-electron chi connectivity index (χ3n) is 3.33. The van der Waals surface area contributed by atoms with E-state index in [4.69, 9.17) is 0 Å². The summed E-state index contributed by atoms with van der Waals surface area (Å²) in [5.41, 5.74) is 1.38. The molecule has 0 aromatic heterocycles. The molecule has 0 heterocycles. The van der Waals surface area contributed by atoms with Gasteiger partial charge in [0.2, 0.25) is 5.91 Å². The summed E-state index contributed by atoms with van der Waals surface area (Å²) in [5, 5.41) is 16.6. The fourth-order valence-electron chi connectivity index (χ4n) is 2.22. The number of carbonyl (C=O) groups is 1. The van der Waals surface area contributed by atoms with Crippen LogP contribution in [0.2, 0.25) is 0 Å². The first-order valence-electron chi connectivity index (χ1n) is 7.56. The molecular weight excluding hydrogens is 313 g/mol. The number of benzene rings is 2. The highest BCUT2D eigenvalue weighted by Gasteiger charge is 2.14. The lowest BCUT2D eigenvalue weighted by Crippen LogP contribution is -2.11. The van der Waals surface area contributed by atoms with Gasteiger partial charge >= 0.3 is 0 Å². The van der Waals surface area contributed by atoms with Crippen LogP contribution < -0.4 is 10.6 Å². The Morgan fingerprint density at radius 2 is 2.04 bits per heavy atom. The fraction of sp³-hybridized carbons (Fsp3) is 0.235. The van der Waals surface area contributed by atoms with Crippen molar-refractivity contribution in [1.82, 2.24) is 0 Å². The van der Waals surface area contributed by atoms with Gasteiger partial charge < -0.3 is 10.6 Å². The summed E-state index contributed by atoms with van der Waals surface area (Å²) in [6.45, 7) is 2.19. The molecule has 1 amide bonds. The quantitative estimate of drug-likeness (QED) is 0.591. The van der Waals surface area contributed by atoms with E-state index in [-0.39, 0.29) is 23.8 Å². The highest BCUT2D eigenvalue weighted by Crippen LogP contribution is 2.25. The first-order chi connectivity index (χ1) is 11.5. The van der Waals surface area contributed by atoms with Gasteiger partial charge in [0, 0.05) is 30.8 Å². The second-order valence-corrected chi connectivity index (χ2v) is 5.27. The zero-order valence-electron chi connectivity index (χ0n) is 13.2. The van der Waals surface area contributed by atoms with E-state index in [9.17, 15) is 19.3 Å². The van der Waals surface area contributed by atoms with E-state index in [0.717, 1.165) is 30.2 Å². The highest BCUT2D eigenvalue weighted by molar-refractivity contribution is 5.90. The highest BCUT2D eigenvalue weighted by atomic mass is 19.1. The number of hydrogen-bond donors (Lipinski definition) is 2. The summed E-state index contributed by atoms with van der Waals surface area (Å²) in [5.74, 6) is -0.618. The van der Waals surface area contributed by atoms with Crippen LogP contribution in [0.1, 0.15) is 25.3 Å². The Bertz CT molecular complexity index is 750. The van der Waals surface area contributed by atoms with Gasteiger partial charge in [0.1, 0.15) is 11.5 Å². The number of nitro benzene ring substituents is 1. The summed E-state index contributed by atoms with van der Waals surface area (Å²) in [7, 11) is 0. The summed E-state index contributed by atoms with van der Waals surface area (Å²) < 4.78 is 13.3. The Balaban J connectivity index is 2.09. The maximum absolute atomic E-state index is 13.3. The topological polar surface area (TPSA) is 84.3 Å². The molecule has 0 atom stereocenters. The number of hydrogen-bond acceptors (Lipinski definition) is 4. The molecule has 0 fully saturated rings. The van der Waals surface area contributed by atoms with Gasteiger partial charge in [0.25, 0.3) is 5.69 Å². The first kappa shape index (κ1) is 17.4. The molecule has 0 spiro atoms. The van der Waals surface area contributed by atoms with Gasteiger partial charge in [-0.3, -0.25) is 14.9 Å². The predicted molar refractivity (Wildman–Crippen MR) is 90.4 cm³/mol. The summed E-state index contributed by atoms with van der Waals surface area (Å²) in [6.07, 6.45) is 1.20. The molecule has 0 bridgehead atoms. The van der Waals surface area contributed by atoms with Crippen molar-refractivity contribution in [2.45, 2.75) is 26.3 Å². The molecule has 2 aromatic rings. The molecule has 2 rings (SSSR count). The minimum Gasteiger partial charge on any atom is -0.375 e. The fourth-order valence-corrected chi connectivity index (χ4v) is 2.22. The maximum atomic E-state index is 13.3. The van der Waals surface area contributed by atoms with Crippen LogP contribution in [0.3, 0.4) is 0 Å². The number of carbonyl (C=O) groups excluding carboxylic acids is 1. The minimum absolute atomic E-state index is 0.0663. The Kier molecular flexibility index (Phi) is 5.83. The van der Waals surface area contributed by atoms with Crippen molar-refractivity contribution in [1.29, 1.82) is 0 Å². The Morgan fingerprint density at radius 3 is 2.75 bits per heavy atom. The van der Waals surface area contributed by atoms with Crippen LogP contribution in [0.5, 0.6) is 0 Å². The second-order valence-electron chi connectivity index (χ2n) is 5.27.